The molecule has 7 heteroatoms. The lowest BCUT2D eigenvalue weighted by Crippen LogP contribution is -2.29. The minimum atomic E-state index is -3.45. The van der Waals surface area contributed by atoms with E-state index in [1.807, 2.05) is 48.5 Å². The molecule has 0 saturated carbocycles. The third kappa shape index (κ3) is 8.73. The Balaban J connectivity index is 2.08. The number of hydrogen-bond acceptors (Lipinski definition) is 5. The van der Waals surface area contributed by atoms with Crippen LogP contribution in [0.4, 0.5) is 0 Å². The quantitative estimate of drug-likeness (QED) is 0.354. The molecule has 0 spiro atoms. The fourth-order valence-corrected chi connectivity index (χ4v) is 4.28. The molecule has 0 aliphatic heterocycles. The maximum atomic E-state index is 12.4. The lowest BCUT2D eigenvalue weighted by atomic mass is 10.0. The van der Waals surface area contributed by atoms with Crippen LogP contribution in [0.15, 0.2) is 48.5 Å². The van der Waals surface area contributed by atoms with E-state index in [0.717, 1.165) is 47.9 Å². The van der Waals surface area contributed by atoms with Crippen LogP contribution in [0.1, 0.15) is 67.9 Å². The lowest BCUT2D eigenvalue weighted by Gasteiger charge is -2.21. The van der Waals surface area contributed by atoms with Crippen molar-refractivity contribution < 1.29 is 23.1 Å². The Morgan fingerprint density at radius 2 is 1.66 bits per heavy atom. The summed E-state index contributed by atoms with van der Waals surface area (Å²) in [5.74, 6) is -0.304. The largest absolute Gasteiger partial charge is 0.466 e. The van der Waals surface area contributed by atoms with Gasteiger partial charge in [0, 0.05) is 13.1 Å². The van der Waals surface area contributed by atoms with Crippen molar-refractivity contribution in [2.24, 2.45) is 0 Å². The molecule has 0 aliphatic carbocycles. The fourth-order valence-electron chi connectivity index (χ4n) is 3.51. The number of unbranched alkanes of at least 4 members (excludes halogenated alkanes) is 2. The van der Waals surface area contributed by atoms with E-state index in [2.05, 4.69) is 6.92 Å². The summed E-state index contributed by atoms with van der Waals surface area (Å²) in [4.78, 5) is 11.7. The highest BCUT2D eigenvalue weighted by atomic mass is 32.2. The zero-order valence-electron chi connectivity index (χ0n) is 19.3. The number of carbonyl (C=O) groups excluding carboxylic acids is 1. The zero-order valence-corrected chi connectivity index (χ0v) is 20.1. The van der Waals surface area contributed by atoms with E-state index in [-0.39, 0.29) is 25.5 Å². The summed E-state index contributed by atoms with van der Waals surface area (Å²) in [6.07, 6.45) is 4.77. The van der Waals surface area contributed by atoms with Crippen molar-refractivity contribution in [1.29, 1.82) is 0 Å². The molecular weight excluding hydrogens is 426 g/mol. The summed E-state index contributed by atoms with van der Waals surface area (Å²) >= 11 is 0. The van der Waals surface area contributed by atoms with Gasteiger partial charge in [0.05, 0.1) is 25.4 Å². The topological polar surface area (TPSA) is 83.9 Å². The SMILES string of the molecule is CCCCCC(O)c1ccc(CN(Cc2cccc(CC(=O)OCC)c2)S(C)(=O)=O)cc1. The minimum Gasteiger partial charge on any atom is -0.466 e. The van der Waals surface area contributed by atoms with Gasteiger partial charge in [0.1, 0.15) is 0 Å². The molecule has 2 rings (SSSR count). The number of esters is 1. The first-order valence-corrected chi connectivity index (χ1v) is 13.0. The predicted molar refractivity (Wildman–Crippen MR) is 126 cm³/mol. The molecule has 0 amide bonds. The number of sulfonamides is 1. The second kappa shape index (κ2) is 12.7. The van der Waals surface area contributed by atoms with Gasteiger partial charge in [0.25, 0.3) is 0 Å². The van der Waals surface area contributed by atoms with Crippen molar-refractivity contribution in [3.05, 3.63) is 70.8 Å². The second-order valence-electron chi connectivity index (χ2n) is 8.09. The van der Waals surface area contributed by atoms with E-state index in [4.69, 9.17) is 4.74 Å². The Hall–Kier alpha value is -2.22. The van der Waals surface area contributed by atoms with Gasteiger partial charge in [-0.25, -0.2) is 8.42 Å². The Labute approximate surface area is 192 Å². The summed E-state index contributed by atoms with van der Waals surface area (Å²) < 4.78 is 31.2. The zero-order chi connectivity index (χ0) is 23.6. The standard InChI is InChI=1S/C25H35NO5S/c1-4-6-7-11-24(27)23-14-12-20(13-15-23)18-26(32(3,29)30)19-22-10-8-9-21(16-22)17-25(28)31-5-2/h8-10,12-16,24,27H,4-7,11,17-19H2,1-3H3. The average molecular weight is 462 g/mol. The fraction of sp³-hybridized carbons (Fsp3) is 0.480. The van der Waals surface area contributed by atoms with E-state index in [1.165, 1.54) is 10.6 Å². The first kappa shape index (κ1) is 26.0. The Morgan fingerprint density at radius 3 is 2.28 bits per heavy atom. The summed E-state index contributed by atoms with van der Waals surface area (Å²) in [5, 5.41) is 10.3. The monoisotopic (exact) mass is 461 g/mol. The van der Waals surface area contributed by atoms with Gasteiger partial charge in [-0.15, -0.1) is 0 Å². The third-order valence-electron chi connectivity index (χ3n) is 5.28. The maximum Gasteiger partial charge on any atom is 0.310 e. The normalized spacial score (nSPS) is 12.7. The molecule has 0 radical (unpaired) electrons. The van der Waals surface area contributed by atoms with Crippen LogP contribution >= 0.6 is 0 Å². The first-order chi connectivity index (χ1) is 15.2. The van der Waals surface area contributed by atoms with Crippen LogP contribution in [-0.4, -0.2) is 36.7 Å². The minimum absolute atomic E-state index is 0.155. The molecular formula is C25H35NO5S. The molecule has 0 heterocycles. The van der Waals surface area contributed by atoms with Crippen LogP contribution < -0.4 is 0 Å². The number of carbonyl (C=O) groups is 1. The van der Waals surface area contributed by atoms with Crippen molar-refractivity contribution in [3.63, 3.8) is 0 Å². The van der Waals surface area contributed by atoms with Crippen molar-refractivity contribution in [1.82, 2.24) is 4.31 Å². The summed E-state index contributed by atoms with van der Waals surface area (Å²) in [6.45, 7) is 4.66. The lowest BCUT2D eigenvalue weighted by molar-refractivity contribution is -0.142. The molecule has 1 atom stereocenters. The van der Waals surface area contributed by atoms with Crippen molar-refractivity contribution in [2.75, 3.05) is 12.9 Å². The van der Waals surface area contributed by atoms with Gasteiger partial charge in [0.15, 0.2) is 0 Å². The van der Waals surface area contributed by atoms with Crippen LogP contribution in [0.2, 0.25) is 0 Å². The van der Waals surface area contributed by atoms with E-state index in [9.17, 15) is 18.3 Å². The molecule has 0 aliphatic rings. The van der Waals surface area contributed by atoms with Crippen molar-refractivity contribution in [3.8, 4) is 0 Å². The van der Waals surface area contributed by atoms with Gasteiger partial charge in [-0.3, -0.25) is 4.79 Å². The molecule has 2 aromatic rings. The van der Waals surface area contributed by atoms with Gasteiger partial charge in [-0.1, -0.05) is 74.7 Å². The molecule has 2 aromatic carbocycles. The molecule has 176 valence electrons. The van der Waals surface area contributed by atoms with E-state index in [0.29, 0.717) is 6.61 Å². The predicted octanol–water partition coefficient (Wildman–Crippen LogP) is 4.37. The van der Waals surface area contributed by atoms with Gasteiger partial charge in [-0.2, -0.15) is 4.31 Å². The molecule has 0 aromatic heterocycles. The molecule has 1 unspecified atom stereocenters. The summed E-state index contributed by atoms with van der Waals surface area (Å²) in [7, 11) is -3.45. The molecule has 32 heavy (non-hydrogen) atoms. The average Bonchev–Trinajstić information content (AvgIpc) is 2.73. The highest BCUT2D eigenvalue weighted by Crippen LogP contribution is 2.21. The van der Waals surface area contributed by atoms with Crippen molar-refractivity contribution in [2.45, 2.75) is 65.1 Å². The Bertz CT molecular complexity index is 957. The van der Waals surface area contributed by atoms with Gasteiger partial charge < -0.3 is 9.84 Å². The van der Waals surface area contributed by atoms with Crippen molar-refractivity contribution >= 4 is 16.0 Å². The van der Waals surface area contributed by atoms with Crippen LogP contribution in [0.3, 0.4) is 0 Å². The smallest absolute Gasteiger partial charge is 0.310 e. The van der Waals surface area contributed by atoms with Crippen LogP contribution in [0.25, 0.3) is 0 Å². The van der Waals surface area contributed by atoms with Gasteiger partial charge in [0.2, 0.25) is 10.0 Å². The third-order valence-corrected chi connectivity index (χ3v) is 6.47. The number of hydrogen-bond donors (Lipinski definition) is 1. The molecule has 1 N–H and O–H groups in total. The van der Waals surface area contributed by atoms with Crippen LogP contribution in [-0.2, 0) is 39.1 Å². The summed E-state index contributed by atoms with van der Waals surface area (Å²) in [5.41, 5.74) is 3.29. The van der Waals surface area contributed by atoms with E-state index in [1.54, 1.807) is 6.92 Å². The first-order valence-electron chi connectivity index (χ1n) is 11.2. The molecule has 0 bridgehead atoms. The number of rotatable bonds is 13. The Kier molecular flexibility index (Phi) is 10.4. The number of ether oxygens (including phenoxy) is 1. The molecule has 6 nitrogen and oxygen atoms in total. The molecule has 0 fully saturated rings. The number of nitrogens with zero attached hydrogens (tertiary/aromatic N) is 1. The number of aliphatic hydroxyl groups is 1. The highest BCUT2D eigenvalue weighted by molar-refractivity contribution is 7.88. The maximum absolute atomic E-state index is 12.4. The second-order valence-corrected chi connectivity index (χ2v) is 10.1. The number of benzene rings is 2. The van der Waals surface area contributed by atoms with E-state index >= 15 is 0 Å². The highest BCUT2D eigenvalue weighted by Gasteiger charge is 2.18. The number of aliphatic hydroxyl groups excluding tert-OH is 1. The Morgan fingerprint density at radius 1 is 1.00 bits per heavy atom. The van der Waals surface area contributed by atoms with Gasteiger partial charge in [-0.05, 0) is 35.6 Å². The molecule has 0 saturated heterocycles. The van der Waals surface area contributed by atoms with E-state index < -0.39 is 16.1 Å². The van der Waals surface area contributed by atoms with Gasteiger partial charge >= 0.3 is 5.97 Å². The van der Waals surface area contributed by atoms with Crippen LogP contribution in [0, 0.1) is 0 Å². The van der Waals surface area contributed by atoms with Crippen LogP contribution in [0.5, 0.6) is 0 Å². The summed E-state index contributed by atoms with van der Waals surface area (Å²) in [6, 6.07) is 14.8.